The Morgan fingerprint density at radius 3 is 2.46 bits per heavy atom. The van der Waals surface area contributed by atoms with Crippen LogP contribution in [0.4, 0.5) is 22.0 Å². The van der Waals surface area contributed by atoms with Gasteiger partial charge in [-0.05, 0) is 67.5 Å². The summed E-state index contributed by atoms with van der Waals surface area (Å²) in [5, 5.41) is 23.0. The zero-order chi connectivity index (χ0) is 29.8. The van der Waals surface area contributed by atoms with Crippen LogP contribution in [0.3, 0.4) is 0 Å². The van der Waals surface area contributed by atoms with Gasteiger partial charge in [0.25, 0.3) is 0 Å². The summed E-state index contributed by atoms with van der Waals surface area (Å²) in [5.74, 6) is -3.21. The molecule has 1 saturated heterocycles. The van der Waals surface area contributed by atoms with Gasteiger partial charge in [0.1, 0.15) is 12.8 Å². The minimum atomic E-state index is -4.48. The summed E-state index contributed by atoms with van der Waals surface area (Å²) < 4.78 is 72.1. The third-order valence-corrected chi connectivity index (χ3v) is 10.9. The molecule has 11 heteroatoms. The summed E-state index contributed by atoms with van der Waals surface area (Å²) in [6.45, 7) is 2.59. The second kappa shape index (κ2) is 9.02. The van der Waals surface area contributed by atoms with Crippen LogP contribution in [-0.2, 0) is 27.1 Å². The maximum absolute atomic E-state index is 17.4. The lowest BCUT2D eigenvalue weighted by atomic mass is 9.44. The molecule has 6 rings (SSSR count). The van der Waals surface area contributed by atoms with Crippen LogP contribution in [0.1, 0.15) is 44.2 Å². The Hall–Kier alpha value is -2.47. The molecule has 5 aliphatic rings. The number of hydroxylamine groups is 2. The predicted molar refractivity (Wildman–Crippen MR) is 135 cm³/mol. The minimum absolute atomic E-state index is 0.00436. The zero-order valence-electron chi connectivity index (χ0n) is 22.6. The lowest BCUT2D eigenvalue weighted by Gasteiger charge is -2.63. The van der Waals surface area contributed by atoms with E-state index in [0.29, 0.717) is 5.56 Å². The van der Waals surface area contributed by atoms with E-state index in [1.165, 1.54) is 36.3 Å². The van der Waals surface area contributed by atoms with E-state index >= 15 is 8.78 Å². The molecule has 9 atom stereocenters. The van der Waals surface area contributed by atoms with Crippen molar-refractivity contribution in [3.05, 3.63) is 59.2 Å². The molecule has 1 aromatic rings. The Morgan fingerprint density at radius 1 is 1.15 bits per heavy atom. The van der Waals surface area contributed by atoms with E-state index in [2.05, 4.69) is 0 Å². The maximum atomic E-state index is 17.4. The zero-order valence-corrected chi connectivity index (χ0v) is 22.6. The van der Waals surface area contributed by atoms with Gasteiger partial charge in [-0.25, -0.2) is 8.78 Å². The quantitative estimate of drug-likeness (QED) is 0.516. The van der Waals surface area contributed by atoms with Gasteiger partial charge in [0, 0.05) is 35.8 Å². The highest BCUT2D eigenvalue weighted by atomic mass is 19.4. The van der Waals surface area contributed by atoms with Crippen molar-refractivity contribution < 1.29 is 46.6 Å². The number of carbonyl (C=O) groups is 2. The molecule has 0 aromatic heterocycles. The average Bonchev–Trinajstić information content (AvgIpc) is 3.38. The lowest BCUT2D eigenvalue weighted by molar-refractivity contribution is -0.269. The monoisotopic (exact) mass is 581 g/mol. The first kappa shape index (κ1) is 28.6. The summed E-state index contributed by atoms with van der Waals surface area (Å²) in [6.07, 6.45) is -4.30. The van der Waals surface area contributed by atoms with Gasteiger partial charge in [-0.3, -0.25) is 14.4 Å². The molecule has 0 radical (unpaired) electrons. The summed E-state index contributed by atoms with van der Waals surface area (Å²) in [5.41, 5.74) is -6.98. The van der Waals surface area contributed by atoms with Crippen LogP contribution in [-0.4, -0.2) is 63.5 Å². The minimum Gasteiger partial charge on any atom is -0.390 e. The highest BCUT2D eigenvalue weighted by Gasteiger charge is 2.79. The number of benzene rings is 1. The van der Waals surface area contributed by atoms with Crippen molar-refractivity contribution in [2.75, 3.05) is 13.2 Å². The Morgan fingerprint density at radius 2 is 1.83 bits per heavy atom. The van der Waals surface area contributed by atoms with E-state index in [0.717, 1.165) is 18.2 Å². The van der Waals surface area contributed by atoms with Crippen molar-refractivity contribution in [3.8, 4) is 0 Å². The number of aliphatic hydroxyl groups is 2. The van der Waals surface area contributed by atoms with Gasteiger partial charge in [0.05, 0.1) is 11.7 Å². The average molecular weight is 582 g/mol. The third kappa shape index (κ3) is 3.68. The first-order chi connectivity index (χ1) is 19.1. The molecule has 3 saturated carbocycles. The number of carbonyl (C=O) groups excluding carboxylic acids is 2. The Labute approximate surface area is 233 Å². The first-order valence-corrected chi connectivity index (χ1v) is 13.8. The second-order valence-corrected chi connectivity index (χ2v) is 12.7. The van der Waals surface area contributed by atoms with Gasteiger partial charge in [0.2, 0.25) is 0 Å². The number of ketones is 2. The Bertz CT molecular complexity index is 1350. The molecule has 1 heterocycles. The van der Waals surface area contributed by atoms with Crippen LogP contribution in [0.25, 0.3) is 0 Å². The second-order valence-electron chi connectivity index (χ2n) is 12.7. The first-order valence-electron chi connectivity index (χ1n) is 13.8. The summed E-state index contributed by atoms with van der Waals surface area (Å²) in [7, 11) is 0. The molecule has 1 aliphatic heterocycles. The van der Waals surface area contributed by atoms with Gasteiger partial charge in [-0.2, -0.15) is 18.2 Å². The molecule has 0 unspecified atom stereocenters. The number of halogens is 5. The molecule has 4 fully saturated rings. The van der Waals surface area contributed by atoms with Gasteiger partial charge in [0.15, 0.2) is 22.8 Å². The van der Waals surface area contributed by atoms with Crippen LogP contribution in [0.15, 0.2) is 48.1 Å². The maximum Gasteiger partial charge on any atom is 0.416 e. The number of fused-ring (bicyclic) bond motifs is 7. The van der Waals surface area contributed by atoms with E-state index in [4.69, 9.17) is 4.84 Å². The molecule has 6 nitrogen and oxygen atoms in total. The number of Topliss-reactive ketones (excluding diaryl/α,β-unsaturated/α-hetero) is 1. The van der Waals surface area contributed by atoms with Crippen LogP contribution in [0.5, 0.6) is 0 Å². The van der Waals surface area contributed by atoms with Crippen molar-refractivity contribution in [2.24, 2.45) is 28.6 Å². The van der Waals surface area contributed by atoms with Crippen LogP contribution in [0, 0.1) is 28.6 Å². The molecule has 0 amide bonds. The molecule has 4 aliphatic carbocycles. The highest BCUT2D eigenvalue weighted by Crippen LogP contribution is 2.72. The van der Waals surface area contributed by atoms with E-state index < -0.39 is 82.0 Å². The summed E-state index contributed by atoms with van der Waals surface area (Å²) >= 11 is 0. The van der Waals surface area contributed by atoms with Gasteiger partial charge in [-0.15, -0.1) is 0 Å². The number of hydrogen-bond acceptors (Lipinski definition) is 6. The van der Waals surface area contributed by atoms with Crippen molar-refractivity contribution in [2.45, 2.75) is 69.4 Å². The van der Waals surface area contributed by atoms with Gasteiger partial charge in [-0.1, -0.05) is 25.1 Å². The number of rotatable bonds is 4. The number of allylic oxidation sites excluding steroid dienone is 4. The van der Waals surface area contributed by atoms with E-state index in [1.807, 2.05) is 0 Å². The molecule has 41 heavy (non-hydrogen) atoms. The van der Waals surface area contributed by atoms with Gasteiger partial charge >= 0.3 is 6.18 Å². The molecule has 2 N–H and O–H groups in total. The molecule has 222 valence electrons. The highest BCUT2D eigenvalue weighted by molar-refractivity contribution is 6.01. The number of nitrogens with zero attached hydrogens (tertiary/aromatic N) is 1. The number of alkyl halides is 5. The van der Waals surface area contributed by atoms with Crippen LogP contribution < -0.4 is 0 Å². The van der Waals surface area contributed by atoms with Crippen molar-refractivity contribution in [1.82, 2.24) is 5.06 Å². The topological polar surface area (TPSA) is 87.1 Å². The normalized spacial score (nSPS) is 43.7. The third-order valence-electron chi connectivity index (χ3n) is 10.9. The number of aliphatic hydroxyl groups excluding tert-OH is 2. The Kier molecular flexibility index (Phi) is 6.30. The summed E-state index contributed by atoms with van der Waals surface area (Å²) in [4.78, 5) is 31.9. The van der Waals surface area contributed by atoms with Crippen LogP contribution >= 0.6 is 0 Å². The van der Waals surface area contributed by atoms with E-state index in [-0.39, 0.29) is 37.9 Å². The van der Waals surface area contributed by atoms with Crippen LogP contribution in [0.2, 0.25) is 0 Å². The molecular formula is C30H32F5NO5. The smallest absolute Gasteiger partial charge is 0.390 e. The predicted octanol–water partition coefficient (Wildman–Crippen LogP) is 4.30. The largest absolute Gasteiger partial charge is 0.416 e. The SMILES string of the molecule is C[C@]12C=CC(=O)C=C1[C@@H](F)C[C@H]1[C@@H]3C[C@H]4CN(Cc5ccc(C(F)(F)F)cc5)O[C@@]4(C(=O)CO)[C@@]3(C)C[C@H](O)[C@@]12F. The van der Waals surface area contributed by atoms with Crippen molar-refractivity contribution >= 4 is 11.6 Å². The molecule has 1 aromatic carbocycles. The van der Waals surface area contributed by atoms with E-state index in [1.54, 1.807) is 6.92 Å². The molecular weight excluding hydrogens is 549 g/mol. The molecule has 0 spiro atoms. The van der Waals surface area contributed by atoms with Crippen molar-refractivity contribution in [1.29, 1.82) is 0 Å². The van der Waals surface area contributed by atoms with Gasteiger partial charge < -0.3 is 10.2 Å². The van der Waals surface area contributed by atoms with E-state index in [9.17, 15) is 33.0 Å². The molecule has 0 bridgehead atoms. The lowest BCUT2D eigenvalue weighted by Crippen LogP contribution is -2.70. The number of hydrogen-bond donors (Lipinski definition) is 2. The van der Waals surface area contributed by atoms with Crippen molar-refractivity contribution in [3.63, 3.8) is 0 Å². The summed E-state index contributed by atoms with van der Waals surface area (Å²) in [6, 6.07) is 4.57. The standard InChI is InChI=1S/C30H32F5NO5/c1-26-8-7-19(38)10-22(26)23(31)11-21-20-9-18-14-36(13-16-3-5-17(6-4-16)30(33,34)35)41-29(18,25(40)15-37)27(20,2)12-24(39)28(21,26)32/h3-8,10,18,20-21,23-24,37,39H,9,11-15H2,1-2H3/t18-,20-,21-,23-,24-,26-,27-,28-,29-/m0/s1. The fourth-order valence-corrected chi connectivity index (χ4v) is 9.04. The fraction of sp³-hybridized carbons (Fsp3) is 0.600. The fourth-order valence-electron chi connectivity index (χ4n) is 9.04. The Balaban J connectivity index is 1.35.